The van der Waals surface area contributed by atoms with Gasteiger partial charge >= 0.3 is 0 Å². The largest absolute Gasteiger partial charge is 0.294 e. The van der Waals surface area contributed by atoms with Gasteiger partial charge in [-0.05, 0) is 56.9 Å². The third-order valence-electron chi connectivity index (χ3n) is 2.96. The van der Waals surface area contributed by atoms with E-state index in [0.717, 1.165) is 16.7 Å². The molecule has 0 saturated carbocycles. The summed E-state index contributed by atoms with van der Waals surface area (Å²) in [5, 5.41) is 0.609. The van der Waals surface area contributed by atoms with Crippen LogP contribution in [0.4, 0.5) is 0 Å². The van der Waals surface area contributed by atoms with Crippen molar-refractivity contribution in [2.45, 2.75) is 34.6 Å². The highest BCUT2D eigenvalue weighted by atomic mass is 35.5. The topological polar surface area (TPSA) is 17.1 Å². The summed E-state index contributed by atoms with van der Waals surface area (Å²) in [5.74, 6) is 0.0405. The van der Waals surface area contributed by atoms with Crippen LogP contribution in [0.2, 0.25) is 5.02 Å². The predicted molar refractivity (Wildman–Crippen MR) is 60.4 cm³/mol. The number of rotatable bonds is 1. The van der Waals surface area contributed by atoms with Crippen molar-refractivity contribution in [2.24, 2.45) is 0 Å². The molecule has 76 valence electrons. The van der Waals surface area contributed by atoms with Crippen molar-refractivity contribution in [2.75, 3.05) is 0 Å². The summed E-state index contributed by atoms with van der Waals surface area (Å²) >= 11 is 6.15. The van der Waals surface area contributed by atoms with E-state index in [-0.39, 0.29) is 5.78 Å². The molecule has 0 saturated heterocycles. The summed E-state index contributed by atoms with van der Waals surface area (Å²) in [5.41, 5.74) is 5.03. The second-order valence-electron chi connectivity index (χ2n) is 3.75. The second-order valence-corrected chi connectivity index (χ2v) is 4.12. The number of hydrogen-bond acceptors (Lipinski definition) is 1. The average molecular weight is 211 g/mol. The SMILES string of the molecule is CC(=O)c1c(C)c(C)c(C)c(C)c1Cl. The van der Waals surface area contributed by atoms with Gasteiger partial charge in [-0.3, -0.25) is 4.79 Å². The van der Waals surface area contributed by atoms with Gasteiger partial charge < -0.3 is 0 Å². The molecule has 1 nitrogen and oxygen atoms in total. The van der Waals surface area contributed by atoms with Crippen LogP contribution in [0.5, 0.6) is 0 Å². The third-order valence-corrected chi connectivity index (χ3v) is 3.44. The maximum absolute atomic E-state index is 11.4. The summed E-state index contributed by atoms with van der Waals surface area (Å²) in [7, 11) is 0. The molecule has 0 aromatic heterocycles. The Balaban J connectivity index is 3.68. The molecule has 0 unspecified atom stereocenters. The standard InChI is InChI=1S/C12H15ClO/c1-6-7(2)9(4)12(13)11(8(6)3)10(5)14/h1-5H3. The van der Waals surface area contributed by atoms with E-state index in [4.69, 9.17) is 11.6 Å². The molecule has 0 fully saturated rings. The quantitative estimate of drug-likeness (QED) is 0.645. The lowest BCUT2D eigenvalue weighted by Crippen LogP contribution is -2.04. The molecule has 1 aromatic rings. The molecule has 14 heavy (non-hydrogen) atoms. The summed E-state index contributed by atoms with van der Waals surface area (Å²) in [6, 6.07) is 0. The predicted octanol–water partition coefficient (Wildman–Crippen LogP) is 3.78. The van der Waals surface area contributed by atoms with Gasteiger partial charge in [0, 0.05) is 5.56 Å². The van der Waals surface area contributed by atoms with E-state index in [1.165, 1.54) is 5.56 Å². The highest BCUT2D eigenvalue weighted by molar-refractivity contribution is 6.35. The maximum atomic E-state index is 11.4. The lowest BCUT2D eigenvalue weighted by atomic mass is 9.93. The summed E-state index contributed by atoms with van der Waals surface area (Å²) < 4.78 is 0. The second kappa shape index (κ2) is 3.74. The zero-order chi connectivity index (χ0) is 11.0. The first-order valence-electron chi connectivity index (χ1n) is 4.64. The Kier molecular flexibility index (Phi) is 3.01. The number of ketones is 1. The highest BCUT2D eigenvalue weighted by Gasteiger charge is 2.16. The molecule has 0 spiro atoms. The molecule has 2 heteroatoms. The van der Waals surface area contributed by atoms with E-state index in [0.29, 0.717) is 10.6 Å². The van der Waals surface area contributed by atoms with Gasteiger partial charge in [-0.2, -0.15) is 0 Å². The van der Waals surface area contributed by atoms with Crippen LogP contribution in [-0.2, 0) is 0 Å². The molecular weight excluding hydrogens is 196 g/mol. The Labute approximate surface area is 90.1 Å². The molecule has 0 aliphatic heterocycles. The van der Waals surface area contributed by atoms with Crippen LogP contribution in [-0.4, -0.2) is 5.78 Å². The van der Waals surface area contributed by atoms with Crippen LogP contribution in [0.3, 0.4) is 0 Å². The van der Waals surface area contributed by atoms with Gasteiger partial charge in [-0.1, -0.05) is 11.6 Å². The first kappa shape index (κ1) is 11.3. The van der Waals surface area contributed by atoms with Gasteiger partial charge in [0.15, 0.2) is 5.78 Å². The molecule has 1 aromatic carbocycles. The lowest BCUT2D eigenvalue weighted by Gasteiger charge is -2.15. The molecular formula is C12H15ClO. The fourth-order valence-electron chi connectivity index (χ4n) is 1.69. The van der Waals surface area contributed by atoms with Crippen molar-refractivity contribution in [3.63, 3.8) is 0 Å². The van der Waals surface area contributed by atoms with E-state index in [2.05, 4.69) is 0 Å². The molecule has 0 aliphatic carbocycles. The van der Waals surface area contributed by atoms with Crippen LogP contribution in [0.15, 0.2) is 0 Å². The molecule has 0 bridgehead atoms. The highest BCUT2D eigenvalue weighted by Crippen LogP contribution is 2.30. The van der Waals surface area contributed by atoms with E-state index < -0.39 is 0 Å². The smallest absolute Gasteiger partial charge is 0.161 e. The van der Waals surface area contributed by atoms with Gasteiger partial charge in [0.05, 0.1) is 5.02 Å². The van der Waals surface area contributed by atoms with E-state index in [9.17, 15) is 4.79 Å². The third kappa shape index (κ3) is 1.57. The van der Waals surface area contributed by atoms with E-state index in [1.807, 2.05) is 27.7 Å². The van der Waals surface area contributed by atoms with Crippen LogP contribution in [0, 0.1) is 27.7 Å². The minimum atomic E-state index is 0.0405. The van der Waals surface area contributed by atoms with Crippen molar-refractivity contribution in [1.82, 2.24) is 0 Å². The minimum Gasteiger partial charge on any atom is -0.294 e. The summed E-state index contributed by atoms with van der Waals surface area (Å²) in [6.07, 6.45) is 0. The van der Waals surface area contributed by atoms with Gasteiger partial charge in [-0.15, -0.1) is 0 Å². The maximum Gasteiger partial charge on any atom is 0.161 e. The zero-order valence-corrected chi connectivity index (χ0v) is 10.0. The number of hydrogen-bond donors (Lipinski definition) is 0. The van der Waals surface area contributed by atoms with Crippen molar-refractivity contribution in [3.8, 4) is 0 Å². The molecule has 1 rings (SSSR count). The molecule has 0 N–H and O–H groups in total. The Morgan fingerprint density at radius 1 is 0.929 bits per heavy atom. The van der Waals surface area contributed by atoms with Gasteiger partial charge in [0.25, 0.3) is 0 Å². The van der Waals surface area contributed by atoms with Crippen LogP contribution in [0.25, 0.3) is 0 Å². The van der Waals surface area contributed by atoms with Crippen LogP contribution >= 0.6 is 11.6 Å². The van der Waals surface area contributed by atoms with Gasteiger partial charge in [-0.25, -0.2) is 0 Å². The molecule has 0 amide bonds. The van der Waals surface area contributed by atoms with Gasteiger partial charge in [0.1, 0.15) is 0 Å². The number of carbonyl (C=O) groups excluding carboxylic acids is 1. The Morgan fingerprint density at radius 2 is 1.36 bits per heavy atom. The Hall–Kier alpha value is -0.820. The van der Waals surface area contributed by atoms with E-state index in [1.54, 1.807) is 6.92 Å². The first-order valence-corrected chi connectivity index (χ1v) is 5.02. The van der Waals surface area contributed by atoms with Crippen molar-refractivity contribution < 1.29 is 4.79 Å². The summed E-state index contributed by atoms with van der Waals surface area (Å²) in [6.45, 7) is 9.53. The molecule has 0 heterocycles. The number of carbonyl (C=O) groups is 1. The normalized spacial score (nSPS) is 10.4. The number of benzene rings is 1. The van der Waals surface area contributed by atoms with Crippen LogP contribution < -0.4 is 0 Å². The Morgan fingerprint density at radius 3 is 1.79 bits per heavy atom. The molecule has 0 radical (unpaired) electrons. The zero-order valence-electron chi connectivity index (χ0n) is 9.29. The molecule has 0 aliphatic rings. The summed E-state index contributed by atoms with van der Waals surface area (Å²) in [4.78, 5) is 11.4. The fraction of sp³-hybridized carbons (Fsp3) is 0.417. The van der Waals surface area contributed by atoms with Gasteiger partial charge in [0.2, 0.25) is 0 Å². The Bertz CT molecular complexity index is 376. The number of Topliss-reactive ketones (excluding diaryl/α,β-unsaturated/α-hetero) is 1. The minimum absolute atomic E-state index is 0.0405. The average Bonchev–Trinajstić information content (AvgIpc) is 2.11. The monoisotopic (exact) mass is 210 g/mol. The fourth-order valence-corrected chi connectivity index (χ4v) is 2.10. The van der Waals surface area contributed by atoms with Crippen molar-refractivity contribution in [3.05, 3.63) is 32.8 Å². The van der Waals surface area contributed by atoms with E-state index >= 15 is 0 Å². The van der Waals surface area contributed by atoms with Crippen molar-refractivity contribution in [1.29, 1.82) is 0 Å². The number of halogens is 1. The molecule has 0 atom stereocenters. The lowest BCUT2D eigenvalue weighted by molar-refractivity contribution is 0.101. The first-order chi connectivity index (χ1) is 6.37. The van der Waals surface area contributed by atoms with Crippen molar-refractivity contribution >= 4 is 17.4 Å². The van der Waals surface area contributed by atoms with Crippen LogP contribution in [0.1, 0.15) is 39.5 Å².